The topological polar surface area (TPSA) is 83.5 Å². The van der Waals surface area contributed by atoms with Gasteiger partial charge in [0.15, 0.2) is 5.13 Å². The zero-order valence-electron chi connectivity index (χ0n) is 19.7. The van der Waals surface area contributed by atoms with Crippen LogP contribution < -0.4 is 4.90 Å². The molecule has 2 aromatic heterocycles. The van der Waals surface area contributed by atoms with E-state index >= 15 is 0 Å². The average molecular weight is 525 g/mol. The van der Waals surface area contributed by atoms with E-state index in [-0.39, 0.29) is 41.9 Å². The minimum absolute atomic E-state index is 0.147. The molecule has 1 aliphatic rings. The van der Waals surface area contributed by atoms with Gasteiger partial charge in [-0.05, 0) is 55.7 Å². The van der Waals surface area contributed by atoms with Gasteiger partial charge in [0, 0.05) is 31.4 Å². The molecule has 0 unspecified atom stereocenters. The van der Waals surface area contributed by atoms with Crippen molar-refractivity contribution in [3.8, 4) is 0 Å². The van der Waals surface area contributed by atoms with Crippen LogP contribution in [0, 0.1) is 18.7 Å². The van der Waals surface area contributed by atoms with Crippen LogP contribution in [0.3, 0.4) is 0 Å². The summed E-state index contributed by atoms with van der Waals surface area (Å²) in [5.74, 6) is -0.952. The lowest BCUT2D eigenvalue weighted by Crippen LogP contribution is -2.44. The summed E-state index contributed by atoms with van der Waals surface area (Å²) in [6.07, 6.45) is 4.14. The second-order valence-electron chi connectivity index (χ2n) is 8.86. The van der Waals surface area contributed by atoms with Crippen molar-refractivity contribution in [2.24, 2.45) is 5.92 Å². The van der Waals surface area contributed by atoms with Gasteiger partial charge in [0.1, 0.15) is 11.3 Å². The quantitative estimate of drug-likeness (QED) is 0.363. The average Bonchev–Trinajstić information content (AvgIpc) is 3.33. The molecule has 186 valence electrons. The van der Waals surface area contributed by atoms with Crippen LogP contribution in [0.4, 0.5) is 9.52 Å². The smallest absolute Gasteiger partial charge is 0.243 e. The Bertz CT molecular complexity index is 1480. The maximum atomic E-state index is 14.3. The molecule has 1 fully saturated rings. The molecule has 0 atom stereocenters. The standard InChI is InChI=1S/C26H25FN4O3S2/c1-18-7-9-21(10-8-18)36(33,34)30-14-11-20(12-15-30)25(32)31(17-19-4-3-13-28-16-19)26-29-24-22(27)5-2-6-23(24)35-26/h2-10,13,16,20H,11-12,14-15,17H2,1H3. The van der Waals surface area contributed by atoms with Gasteiger partial charge in [-0.25, -0.2) is 17.8 Å². The highest BCUT2D eigenvalue weighted by molar-refractivity contribution is 7.89. The molecule has 3 heterocycles. The van der Waals surface area contributed by atoms with Gasteiger partial charge in [-0.1, -0.05) is 41.2 Å². The number of hydrogen-bond acceptors (Lipinski definition) is 6. The highest BCUT2D eigenvalue weighted by atomic mass is 32.2. The third-order valence-electron chi connectivity index (χ3n) is 6.38. The zero-order valence-corrected chi connectivity index (χ0v) is 21.3. The molecule has 4 aromatic rings. The third-order valence-corrected chi connectivity index (χ3v) is 9.34. The van der Waals surface area contributed by atoms with Crippen LogP contribution >= 0.6 is 11.3 Å². The third kappa shape index (κ3) is 4.88. The Labute approximate surface area is 213 Å². The highest BCUT2D eigenvalue weighted by Gasteiger charge is 2.35. The van der Waals surface area contributed by atoms with E-state index in [1.165, 1.54) is 21.7 Å². The van der Waals surface area contributed by atoms with Crippen LogP contribution in [0.25, 0.3) is 10.2 Å². The van der Waals surface area contributed by atoms with Crippen LogP contribution in [0.15, 0.2) is 71.9 Å². The molecular weight excluding hydrogens is 499 g/mol. The number of rotatable bonds is 6. The summed E-state index contributed by atoms with van der Waals surface area (Å²) in [6.45, 7) is 2.66. The van der Waals surface area contributed by atoms with Gasteiger partial charge in [-0.15, -0.1) is 0 Å². The number of carbonyl (C=O) groups excluding carboxylic acids is 1. The van der Waals surface area contributed by atoms with Crippen molar-refractivity contribution in [1.82, 2.24) is 14.3 Å². The van der Waals surface area contributed by atoms with Crippen molar-refractivity contribution in [3.63, 3.8) is 0 Å². The number of carbonyl (C=O) groups is 1. The van der Waals surface area contributed by atoms with Gasteiger partial charge in [-0.3, -0.25) is 14.7 Å². The number of hydrogen-bond donors (Lipinski definition) is 0. The summed E-state index contributed by atoms with van der Waals surface area (Å²) in [7, 11) is -3.62. The molecular formula is C26H25FN4O3S2. The zero-order chi connectivity index (χ0) is 25.3. The van der Waals surface area contributed by atoms with Crippen molar-refractivity contribution in [2.75, 3.05) is 18.0 Å². The Kier molecular flexibility index (Phi) is 6.83. The minimum Gasteiger partial charge on any atom is -0.283 e. The first-order valence-corrected chi connectivity index (χ1v) is 13.9. The molecule has 36 heavy (non-hydrogen) atoms. The highest BCUT2D eigenvalue weighted by Crippen LogP contribution is 2.34. The van der Waals surface area contributed by atoms with E-state index in [9.17, 15) is 17.6 Å². The predicted octanol–water partition coefficient (Wildman–Crippen LogP) is 4.77. The lowest BCUT2D eigenvalue weighted by molar-refractivity contribution is -0.123. The van der Waals surface area contributed by atoms with Crippen LogP contribution in [0.2, 0.25) is 0 Å². The van der Waals surface area contributed by atoms with Gasteiger partial charge < -0.3 is 0 Å². The number of para-hydroxylation sites is 1. The Morgan fingerprint density at radius 2 is 1.86 bits per heavy atom. The van der Waals surface area contributed by atoms with Crippen molar-refractivity contribution >= 4 is 42.6 Å². The number of pyridine rings is 1. The van der Waals surface area contributed by atoms with Gasteiger partial charge in [-0.2, -0.15) is 4.31 Å². The number of amides is 1. The predicted molar refractivity (Wildman–Crippen MR) is 138 cm³/mol. The van der Waals surface area contributed by atoms with Gasteiger partial charge in [0.2, 0.25) is 15.9 Å². The first-order valence-electron chi connectivity index (χ1n) is 11.6. The number of aryl methyl sites for hydroxylation is 1. The molecule has 0 N–H and O–H groups in total. The molecule has 1 saturated heterocycles. The van der Waals surface area contributed by atoms with Crippen LogP contribution in [0.1, 0.15) is 24.0 Å². The Morgan fingerprint density at radius 1 is 1.11 bits per heavy atom. The minimum atomic E-state index is -3.62. The lowest BCUT2D eigenvalue weighted by atomic mass is 9.96. The van der Waals surface area contributed by atoms with Crippen LogP contribution in [-0.2, 0) is 21.4 Å². The molecule has 1 aliphatic heterocycles. The van der Waals surface area contributed by atoms with E-state index in [0.717, 1.165) is 11.1 Å². The second-order valence-corrected chi connectivity index (χ2v) is 11.8. The molecule has 1 amide bonds. The summed E-state index contributed by atoms with van der Waals surface area (Å²) in [6, 6.07) is 15.2. The molecule has 7 nitrogen and oxygen atoms in total. The number of halogens is 1. The van der Waals surface area contributed by atoms with Crippen LogP contribution in [-0.4, -0.2) is 41.7 Å². The van der Waals surface area contributed by atoms with Crippen molar-refractivity contribution < 1.29 is 17.6 Å². The number of anilines is 1. The first-order chi connectivity index (χ1) is 17.3. The maximum Gasteiger partial charge on any atom is 0.243 e. The Morgan fingerprint density at radius 3 is 2.53 bits per heavy atom. The summed E-state index contributed by atoms with van der Waals surface area (Å²) in [5, 5.41) is 0.415. The fourth-order valence-electron chi connectivity index (χ4n) is 4.36. The summed E-state index contributed by atoms with van der Waals surface area (Å²) < 4.78 is 42.6. The first kappa shape index (κ1) is 24.5. The van der Waals surface area contributed by atoms with Crippen molar-refractivity contribution in [1.29, 1.82) is 0 Å². The molecule has 0 spiro atoms. The van der Waals surface area contributed by atoms with Crippen LogP contribution in [0.5, 0.6) is 0 Å². The summed E-state index contributed by atoms with van der Waals surface area (Å²) in [5.41, 5.74) is 2.05. The van der Waals surface area contributed by atoms with E-state index in [1.54, 1.807) is 59.8 Å². The van der Waals surface area contributed by atoms with Crippen molar-refractivity contribution in [3.05, 3.63) is 83.9 Å². The fourth-order valence-corrected chi connectivity index (χ4v) is 6.81. The Hall–Kier alpha value is -3.21. The number of benzene rings is 2. The molecule has 2 aromatic carbocycles. The Balaban J connectivity index is 1.37. The maximum absolute atomic E-state index is 14.3. The molecule has 0 bridgehead atoms. The molecule has 0 aliphatic carbocycles. The summed E-state index contributed by atoms with van der Waals surface area (Å²) in [4.78, 5) is 24.2. The number of sulfonamides is 1. The number of piperidine rings is 1. The molecule has 10 heteroatoms. The van der Waals surface area contributed by atoms with E-state index in [0.29, 0.717) is 22.7 Å². The SMILES string of the molecule is Cc1ccc(S(=O)(=O)N2CCC(C(=O)N(Cc3cccnc3)c3nc4c(F)cccc4s3)CC2)cc1. The van der Waals surface area contributed by atoms with E-state index in [1.807, 2.05) is 13.0 Å². The molecule has 0 saturated carbocycles. The molecule has 0 radical (unpaired) electrons. The second kappa shape index (κ2) is 10.0. The lowest BCUT2D eigenvalue weighted by Gasteiger charge is -2.33. The monoisotopic (exact) mass is 524 g/mol. The van der Waals surface area contributed by atoms with Crippen molar-refractivity contribution in [2.45, 2.75) is 31.2 Å². The molecule has 5 rings (SSSR count). The number of fused-ring (bicyclic) bond motifs is 1. The number of nitrogens with zero attached hydrogens (tertiary/aromatic N) is 4. The number of thiazole rings is 1. The van der Waals surface area contributed by atoms with E-state index in [2.05, 4.69) is 9.97 Å². The van der Waals surface area contributed by atoms with Gasteiger partial charge in [0.05, 0.1) is 16.1 Å². The fraction of sp³-hybridized carbons (Fsp3) is 0.269. The van der Waals surface area contributed by atoms with E-state index < -0.39 is 15.8 Å². The van der Waals surface area contributed by atoms with E-state index in [4.69, 9.17) is 0 Å². The largest absolute Gasteiger partial charge is 0.283 e. The normalized spacial score (nSPS) is 15.3. The van der Waals surface area contributed by atoms with Gasteiger partial charge in [0.25, 0.3) is 0 Å². The summed E-state index contributed by atoms with van der Waals surface area (Å²) >= 11 is 1.26. The number of aromatic nitrogens is 2. The van der Waals surface area contributed by atoms with Gasteiger partial charge >= 0.3 is 0 Å².